The maximum Gasteiger partial charge on any atom is 0.326 e. The van der Waals surface area contributed by atoms with E-state index in [2.05, 4.69) is 21.3 Å². The van der Waals surface area contributed by atoms with Crippen LogP contribution in [0, 0.1) is 23.7 Å². The fourth-order valence-corrected chi connectivity index (χ4v) is 4.09. The Morgan fingerprint density at radius 1 is 0.610 bits per heavy atom. The summed E-state index contributed by atoms with van der Waals surface area (Å²) >= 11 is 0. The number of aliphatic carboxylic acids is 1. The Bertz CT molecular complexity index is 1060. The molecule has 0 aliphatic rings. The summed E-state index contributed by atoms with van der Waals surface area (Å²) in [5, 5.41) is 29.4. The molecule has 230 valence electrons. The van der Waals surface area contributed by atoms with Gasteiger partial charge in [-0.25, -0.2) is 4.79 Å². The average molecular weight is 578 g/mol. The number of hydrogen-bond acceptors (Lipinski definition) is 7. The van der Waals surface area contributed by atoms with Gasteiger partial charge in [-0.2, -0.15) is 0 Å². The second-order valence-electron chi connectivity index (χ2n) is 11.7. The van der Waals surface area contributed by atoms with Gasteiger partial charge in [0.1, 0.15) is 29.9 Å². The topological polar surface area (TPSA) is 200 Å². The molecule has 1 aromatic rings. The van der Waals surface area contributed by atoms with Crippen molar-refractivity contribution in [3.05, 3.63) is 29.8 Å². The van der Waals surface area contributed by atoms with E-state index in [0.717, 1.165) is 5.56 Å². The van der Waals surface area contributed by atoms with E-state index in [1.54, 1.807) is 67.5 Å². The van der Waals surface area contributed by atoms with E-state index in [1.807, 2.05) is 0 Å². The Balaban J connectivity index is 2.99. The number of aromatic hydroxyl groups is 1. The summed E-state index contributed by atoms with van der Waals surface area (Å²) in [7, 11) is 0. The lowest BCUT2D eigenvalue weighted by atomic mass is 9.97. The summed E-state index contributed by atoms with van der Waals surface area (Å²) in [6.45, 7) is 13.7. The summed E-state index contributed by atoms with van der Waals surface area (Å²) < 4.78 is 0. The average Bonchev–Trinajstić information content (AvgIpc) is 2.87. The molecule has 0 aromatic heterocycles. The standard InChI is InChI=1S/C29H47N5O7/c1-14(2)21(31-25(36)20(30)13-18-9-11-19(35)12-10-18)26(37)32-22(15(3)4)27(38)33-23(16(5)6)28(39)34-24(17(7)8)29(40)41/h9-12,14-17,20-24,35H,13,30H2,1-8H3,(H,31,36)(H,32,37)(H,33,38)(H,34,39)(H,40,41)/t20-,21-,22-,23-,24-/m0/s1. The van der Waals surface area contributed by atoms with Gasteiger partial charge in [-0.05, 0) is 47.8 Å². The summed E-state index contributed by atoms with van der Waals surface area (Å²) in [4.78, 5) is 63.9. The molecule has 12 nitrogen and oxygen atoms in total. The molecule has 0 aliphatic heterocycles. The molecule has 12 heteroatoms. The number of phenols is 1. The fourth-order valence-electron chi connectivity index (χ4n) is 4.09. The molecule has 0 bridgehead atoms. The van der Waals surface area contributed by atoms with Crippen molar-refractivity contribution in [1.82, 2.24) is 21.3 Å². The fraction of sp³-hybridized carbons (Fsp3) is 0.621. The van der Waals surface area contributed by atoms with Crippen molar-refractivity contribution in [1.29, 1.82) is 0 Å². The molecule has 1 rings (SSSR count). The summed E-state index contributed by atoms with van der Waals surface area (Å²) in [5.41, 5.74) is 6.81. The Morgan fingerprint density at radius 3 is 1.24 bits per heavy atom. The van der Waals surface area contributed by atoms with Crippen molar-refractivity contribution < 1.29 is 34.2 Å². The first kappa shape index (κ1) is 35.4. The number of phenolic OH excluding ortho intramolecular Hbond substituents is 1. The molecule has 4 amide bonds. The largest absolute Gasteiger partial charge is 0.508 e. The van der Waals surface area contributed by atoms with E-state index in [-0.39, 0.29) is 35.8 Å². The van der Waals surface area contributed by atoms with Crippen molar-refractivity contribution in [2.24, 2.45) is 29.4 Å². The van der Waals surface area contributed by atoms with Crippen LogP contribution in [-0.2, 0) is 30.4 Å². The van der Waals surface area contributed by atoms with Crippen LogP contribution in [0.1, 0.15) is 61.0 Å². The number of amides is 4. The van der Waals surface area contributed by atoms with Gasteiger partial charge < -0.3 is 37.2 Å². The Kier molecular flexibility index (Phi) is 13.7. The van der Waals surface area contributed by atoms with E-state index in [9.17, 15) is 34.2 Å². The van der Waals surface area contributed by atoms with Gasteiger partial charge in [0.15, 0.2) is 0 Å². The highest BCUT2D eigenvalue weighted by Crippen LogP contribution is 2.13. The van der Waals surface area contributed by atoms with Gasteiger partial charge in [0.05, 0.1) is 6.04 Å². The molecule has 41 heavy (non-hydrogen) atoms. The molecular formula is C29H47N5O7. The van der Waals surface area contributed by atoms with E-state index in [4.69, 9.17) is 5.73 Å². The molecule has 0 saturated heterocycles. The van der Waals surface area contributed by atoms with Gasteiger partial charge in [-0.3, -0.25) is 19.2 Å². The quantitative estimate of drug-likeness (QED) is 0.159. The van der Waals surface area contributed by atoms with Crippen molar-refractivity contribution >= 4 is 29.6 Å². The monoisotopic (exact) mass is 577 g/mol. The summed E-state index contributed by atoms with van der Waals surface area (Å²) in [6, 6.07) is 1.12. The molecule has 8 N–H and O–H groups in total. The van der Waals surface area contributed by atoms with Gasteiger partial charge in [-0.15, -0.1) is 0 Å². The number of nitrogens with two attached hydrogens (primary N) is 1. The first-order valence-corrected chi connectivity index (χ1v) is 13.9. The maximum absolute atomic E-state index is 13.3. The molecule has 0 aliphatic carbocycles. The molecule has 0 heterocycles. The molecule has 0 radical (unpaired) electrons. The predicted octanol–water partition coefficient (Wildman–Crippen LogP) is 0.910. The summed E-state index contributed by atoms with van der Waals surface area (Å²) in [5.74, 6) is -4.95. The number of carboxylic acid groups (broad SMARTS) is 1. The van der Waals surface area contributed by atoms with Crippen molar-refractivity contribution in [3.8, 4) is 5.75 Å². The van der Waals surface area contributed by atoms with Crippen LogP contribution < -0.4 is 27.0 Å². The third kappa shape index (κ3) is 11.0. The highest BCUT2D eigenvalue weighted by Gasteiger charge is 2.35. The number of nitrogens with one attached hydrogen (secondary N) is 4. The normalized spacial score (nSPS) is 15.1. The van der Waals surface area contributed by atoms with Gasteiger partial charge in [0.2, 0.25) is 23.6 Å². The van der Waals surface area contributed by atoms with Gasteiger partial charge in [-0.1, -0.05) is 67.5 Å². The van der Waals surface area contributed by atoms with Crippen LogP contribution >= 0.6 is 0 Å². The Labute approximate surface area is 242 Å². The van der Waals surface area contributed by atoms with Crippen LogP contribution in [-0.4, -0.2) is 70.0 Å². The zero-order valence-electron chi connectivity index (χ0n) is 25.2. The van der Waals surface area contributed by atoms with Crippen molar-refractivity contribution in [2.45, 2.75) is 92.0 Å². The Hall–Kier alpha value is -3.67. The van der Waals surface area contributed by atoms with Crippen LogP contribution in [0.2, 0.25) is 0 Å². The van der Waals surface area contributed by atoms with E-state index in [0.29, 0.717) is 0 Å². The van der Waals surface area contributed by atoms with Crippen LogP contribution in [0.3, 0.4) is 0 Å². The van der Waals surface area contributed by atoms with Crippen LogP contribution in [0.5, 0.6) is 5.75 Å². The molecule has 0 spiro atoms. The smallest absolute Gasteiger partial charge is 0.326 e. The van der Waals surface area contributed by atoms with Crippen molar-refractivity contribution in [2.75, 3.05) is 0 Å². The van der Waals surface area contributed by atoms with Crippen LogP contribution in [0.15, 0.2) is 24.3 Å². The minimum atomic E-state index is -1.18. The van der Waals surface area contributed by atoms with Crippen LogP contribution in [0.4, 0.5) is 0 Å². The second kappa shape index (κ2) is 15.9. The number of carboxylic acids is 1. The first-order chi connectivity index (χ1) is 19.0. The molecular weight excluding hydrogens is 530 g/mol. The van der Waals surface area contributed by atoms with E-state index in [1.165, 1.54) is 12.1 Å². The number of carbonyl (C=O) groups excluding carboxylic acids is 4. The molecule has 0 fully saturated rings. The second-order valence-corrected chi connectivity index (χ2v) is 11.7. The lowest BCUT2D eigenvalue weighted by Gasteiger charge is -2.30. The Morgan fingerprint density at radius 2 is 0.927 bits per heavy atom. The number of benzene rings is 1. The minimum absolute atomic E-state index is 0.0902. The van der Waals surface area contributed by atoms with Gasteiger partial charge in [0, 0.05) is 0 Å². The first-order valence-electron chi connectivity index (χ1n) is 13.9. The lowest BCUT2D eigenvalue weighted by Crippen LogP contribution is -2.61. The third-order valence-electron chi connectivity index (χ3n) is 6.70. The third-order valence-corrected chi connectivity index (χ3v) is 6.70. The SMILES string of the molecule is CC(C)[C@H](NC(=O)[C@@H](NC(=O)[C@@H](NC(=O)[C@@H](NC(=O)[C@@H](N)Cc1ccc(O)cc1)C(C)C)C(C)C)C(C)C)C(=O)O. The molecule has 5 atom stereocenters. The van der Waals surface area contributed by atoms with E-state index < -0.39 is 59.8 Å². The lowest BCUT2D eigenvalue weighted by molar-refractivity contribution is -0.144. The van der Waals surface area contributed by atoms with E-state index >= 15 is 0 Å². The molecule has 1 aromatic carbocycles. The number of hydrogen-bond donors (Lipinski definition) is 7. The predicted molar refractivity (Wildman–Crippen MR) is 154 cm³/mol. The molecule has 0 saturated carbocycles. The number of rotatable bonds is 15. The zero-order chi connectivity index (χ0) is 31.6. The summed E-state index contributed by atoms with van der Waals surface area (Å²) in [6.07, 6.45) is 0.188. The van der Waals surface area contributed by atoms with Crippen molar-refractivity contribution in [3.63, 3.8) is 0 Å². The molecule has 0 unspecified atom stereocenters. The van der Waals surface area contributed by atoms with Gasteiger partial charge in [0.25, 0.3) is 0 Å². The van der Waals surface area contributed by atoms with Crippen LogP contribution in [0.25, 0.3) is 0 Å². The highest BCUT2D eigenvalue weighted by atomic mass is 16.4. The zero-order valence-corrected chi connectivity index (χ0v) is 25.2. The highest BCUT2D eigenvalue weighted by molar-refractivity contribution is 5.95. The number of carbonyl (C=O) groups is 5. The minimum Gasteiger partial charge on any atom is -0.508 e. The van der Waals surface area contributed by atoms with Gasteiger partial charge >= 0.3 is 5.97 Å². The maximum atomic E-state index is 13.3.